The van der Waals surface area contributed by atoms with E-state index in [4.69, 9.17) is 0 Å². The van der Waals surface area contributed by atoms with Gasteiger partial charge in [-0.25, -0.2) is 0 Å². The molecule has 2 rings (SSSR count). The van der Waals surface area contributed by atoms with Crippen molar-refractivity contribution in [3.63, 3.8) is 0 Å². The van der Waals surface area contributed by atoms with Gasteiger partial charge in [0, 0.05) is 11.8 Å². The Morgan fingerprint density at radius 1 is 1.36 bits per heavy atom. The molecule has 2 heteroatoms. The van der Waals surface area contributed by atoms with E-state index in [1.807, 2.05) is 0 Å². The fourth-order valence-electron chi connectivity index (χ4n) is 2.89. The molecule has 1 saturated carbocycles. The zero-order valence-corrected chi connectivity index (χ0v) is 10.3. The summed E-state index contributed by atoms with van der Waals surface area (Å²) in [4.78, 5) is 0.486. The SMILES string of the molecule is CCC1CCCC2(C1)NC(CC)CS2. The van der Waals surface area contributed by atoms with Crippen LogP contribution in [0.3, 0.4) is 0 Å². The topological polar surface area (TPSA) is 12.0 Å². The Hall–Kier alpha value is 0.310. The molecule has 0 aromatic rings. The highest BCUT2D eigenvalue weighted by Crippen LogP contribution is 2.45. The van der Waals surface area contributed by atoms with Crippen LogP contribution < -0.4 is 5.32 Å². The molecule has 2 aliphatic rings. The van der Waals surface area contributed by atoms with E-state index in [1.54, 1.807) is 0 Å². The first-order valence-electron chi connectivity index (χ1n) is 6.19. The molecule has 82 valence electrons. The van der Waals surface area contributed by atoms with Gasteiger partial charge in [0.25, 0.3) is 0 Å². The second-order valence-electron chi connectivity index (χ2n) is 4.93. The average Bonchev–Trinajstić information content (AvgIpc) is 2.61. The molecule has 0 radical (unpaired) electrons. The highest BCUT2D eigenvalue weighted by molar-refractivity contribution is 8.00. The van der Waals surface area contributed by atoms with Gasteiger partial charge in [-0.2, -0.15) is 0 Å². The minimum Gasteiger partial charge on any atom is -0.299 e. The minimum atomic E-state index is 0.486. The molecule has 1 heterocycles. The highest BCUT2D eigenvalue weighted by atomic mass is 32.2. The van der Waals surface area contributed by atoms with Crippen molar-refractivity contribution in [2.24, 2.45) is 5.92 Å². The maximum absolute atomic E-state index is 3.88. The van der Waals surface area contributed by atoms with Crippen molar-refractivity contribution < 1.29 is 0 Å². The molecule has 0 aromatic heterocycles. The quantitative estimate of drug-likeness (QED) is 0.754. The molecule has 3 atom stereocenters. The van der Waals surface area contributed by atoms with Gasteiger partial charge < -0.3 is 0 Å². The normalized spacial score (nSPS) is 43.3. The van der Waals surface area contributed by atoms with Gasteiger partial charge in [0.2, 0.25) is 0 Å². The van der Waals surface area contributed by atoms with Crippen LogP contribution in [0.1, 0.15) is 52.4 Å². The minimum absolute atomic E-state index is 0.486. The summed E-state index contributed by atoms with van der Waals surface area (Å²) in [5.41, 5.74) is 0. The zero-order chi connectivity index (χ0) is 10.0. The van der Waals surface area contributed by atoms with Crippen LogP contribution in [-0.2, 0) is 0 Å². The molecule has 1 aliphatic heterocycles. The van der Waals surface area contributed by atoms with Gasteiger partial charge in [-0.1, -0.05) is 33.1 Å². The predicted octanol–water partition coefficient (Wildman–Crippen LogP) is 3.40. The Labute approximate surface area is 92.4 Å². The van der Waals surface area contributed by atoms with Crippen molar-refractivity contribution in [3.05, 3.63) is 0 Å². The van der Waals surface area contributed by atoms with Gasteiger partial charge in [-0.3, -0.25) is 5.32 Å². The largest absolute Gasteiger partial charge is 0.299 e. The Kier molecular flexibility index (Phi) is 3.43. The van der Waals surface area contributed by atoms with Crippen LogP contribution in [0.2, 0.25) is 0 Å². The van der Waals surface area contributed by atoms with Crippen molar-refractivity contribution in [2.45, 2.75) is 63.3 Å². The van der Waals surface area contributed by atoms with Gasteiger partial charge in [0.1, 0.15) is 0 Å². The van der Waals surface area contributed by atoms with Gasteiger partial charge in [0.15, 0.2) is 0 Å². The van der Waals surface area contributed by atoms with Crippen molar-refractivity contribution in [1.82, 2.24) is 5.32 Å². The van der Waals surface area contributed by atoms with Gasteiger partial charge in [0.05, 0.1) is 4.87 Å². The van der Waals surface area contributed by atoms with E-state index in [2.05, 4.69) is 30.9 Å². The Bertz CT molecular complexity index is 195. The van der Waals surface area contributed by atoms with Crippen LogP contribution in [0, 0.1) is 5.92 Å². The zero-order valence-electron chi connectivity index (χ0n) is 9.51. The van der Waals surface area contributed by atoms with E-state index in [0.29, 0.717) is 4.87 Å². The van der Waals surface area contributed by atoms with Gasteiger partial charge in [-0.15, -0.1) is 11.8 Å². The van der Waals surface area contributed by atoms with Crippen molar-refractivity contribution in [2.75, 3.05) is 5.75 Å². The van der Waals surface area contributed by atoms with E-state index in [9.17, 15) is 0 Å². The molecule has 1 nitrogen and oxygen atoms in total. The first-order valence-corrected chi connectivity index (χ1v) is 7.18. The van der Waals surface area contributed by atoms with Crippen LogP contribution >= 0.6 is 11.8 Å². The summed E-state index contributed by atoms with van der Waals surface area (Å²) in [5, 5.41) is 3.88. The second kappa shape index (κ2) is 4.44. The number of hydrogen-bond acceptors (Lipinski definition) is 2. The lowest BCUT2D eigenvalue weighted by Gasteiger charge is -2.37. The summed E-state index contributed by atoms with van der Waals surface area (Å²) in [5.74, 6) is 2.33. The van der Waals surface area contributed by atoms with Crippen molar-refractivity contribution in [3.8, 4) is 0 Å². The van der Waals surface area contributed by atoms with Crippen molar-refractivity contribution >= 4 is 11.8 Å². The van der Waals surface area contributed by atoms with Crippen LogP contribution in [-0.4, -0.2) is 16.7 Å². The van der Waals surface area contributed by atoms with Crippen LogP contribution in [0.4, 0.5) is 0 Å². The summed E-state index contributed by atoms with van der Waals surface area (Å²) < 4.78 is 0. The molecular weight excluding hydrogens is 190 g/mol. The van der Waals surface area contributed by atoms with E-state index in [-0.39, 0.29) is 0 Å². The van der Waals surface area contributed by atoms with Crippen LogP contribution in [0.25, 0.3) is 0 Å². The monoisotopic (exact) mass is 213 g/mol. The van der Waals surface area contributed by atoms with Gasteiger partial charge >= 0.3 is 0 Å². The molecule has 0 bridgehead atoms. The Morgan fingerprint density at radius 2 is 2.21 bits per heavy atom. The first kappa shape index (κ1) is 10.8. The van der Waals surface area contributed by atoms with E-state index < -0.39 is 0 Å². The third-order valence-corrected chi connectivity index (χ3v) is 5.52. The van der Waals surface area contributed by atoms with Crippen LogP contribution in [0.5, 0.6) is 0 Å². The molecule has 1 aliphatic carbocycles. The lowest BCUT2D eigenvalue weighted by Crippen LogP contribution is -2.44. The molecule has 2 fully saturated rings. The van der Waals surface area contributed by atoms with Crippen molar-refractivity contribution in [1.29, 1.82) is 0 Å². The lowest BCUT2D eigenvalue weighted by atomic mass is 9.83. The number of nitrogens with one attached hydrogen (secondary N) is 1. The molecule has 0 amide bonds. The van der Waals surface area contributed by atoms with Gasteiger partial charge in [-0.05, 0) is 25.2 Å². The first-order chi connectivity index (χ1) is 6.78. The predicted molar refractivity (Wildman–Crippen MR) is 64.7 cm³/mol. The van der Waals surface area contributed by atoms with Crippen LogP contribution in [0.15, 0.2) is 0 Å². The molecular formula is C12H23NS. The molecule has 1 saturated heterocycles. The molecule has 1 N–H and O–H groups in total. The summed E-state index contributed by atoms with van der Waals surface area (Å²) in [6.45, 7) is 4.65. The Morgan fingerprint density at radius 3 is 2.86 bits per heavy atom. The third-order valence-electron chi connectivity index (χ3n) is 3.91. The molecule has 0 aromatic carbocycles. The standard InChI is InChI=1S/C12H23NS/c1-3-10-6-5-7-12(8-10)13-11(4-2)9-14-12/h10-11,13H,3-9H2,1-2H3. The van der Waals surface area contributed by atoms with E-state index in [0.717, 1.165) is 12.0 Å². The fourth-order valence-corrected chi connectivity index (χ4v) is 4.62. The summed E-state index contributed by atoms with van der Waals surface area (Å²) in [6.07, 6.45) is 8.41. The number of hydrogen-bond donors (Lipinski definition) is 1. The molecule has 3 unspecified atom stereocenters. The van der Waals surface area contributed by atoms with E-state index >= 15 is 0 Å². The summed E-state index contributed by atoms with van der Waals surface area (Å²) in [6, 6.07) is 0.788. The fraction of sp³-hybridized carbons (Fsp3) is 1.00. The summed E-state index contributed by atoms with van der Waals surface area (Å²) >= 11 is 2.21. The van der Waals surface area contributed by atoms with E-state index in [1.165, 1.54) is 44.3 Å². The average molecular weight is 213 g/mol. The second-order valence-corrected chi connectivity index (χ2v) is 6.33. The summed E-state index contributed by atoms with van der Waals surface area (Å²) in [7, 11) is 0. The smallest absolute Gasteiger partial charge is 0.0650 e. The number of rotatable bonds is 2. The maximum Gasteiger partial charge on any atom is 0.0650 e. The third kappa shape index (κ3) is 2.11. The Balaban J connectivity index is 1.95. The maximum atomic E-state index is 3.88. The highest BCUT2D eigenvalue weighted by Gasteiger charge is 2.41. The lowest BCUT2D eigenvalue weighted by molar-refractivity contribution is 0.249. The molecule has 14 heavy (non-hydrogen) atoms. The number of thioether (sulfide) groups is 1. The molecule has 1 spiro atoms.